The highest BCUT2D eigenvalue weighted by molar-refractivity contribution is 6.32. The number of hydrogen-bond donors (Lipinski definition) is 0. The van der Waals surface area contributed by atoms with E-state index in [0.717, 1.165) is 6.42 Å². The van der Waals surface area contributed by atoms with Crippen molar-refractivity contribution < 1.29 is 19.0 Å². The van der Waals surface area contributed by atoms with Crippen LogP contribution in [0.25, 0.3) is 0 Å². The largest absolute Gasteiger partial charge is 0.489 e. The lowest BCUT2D eigenvalue weighted by Gasteiger charge is -2.35. The van der Waals surface area contributed by atoms with Crippen LogP contribution in [0.4, 0.5) is 0 Å². The molecule has 0 bridgehead atoms. The number of hydrogen-bond acceptors (Lipinski definition) is 4. The zero-order valence-corrected chi connectivity index (χ0v) is 13.6. The molecule has 0 saturated carbocycles. The molecule has 0 unspecified atom stereocenters. The standard InChI is InChI=1S/C16H20ClNO4/c1-10-8-18(9-11(2)22-10)16(19)12-6-13(17)15-14(7-12)20-4-3-5-21-15/h6-7,10-11H,3-5,8-9H2,1-2H3/t10-,11+. The Morgan fingerprint density at radius 1 is 1.18 bits per heavy atom. The van der Waals surface area contributed by atoms with Crippen molar-refractivity contribution in [1.82, 2.24) is 4.90 Å². The van der Waals surface area contributed by atoms with Crippen LogP contribution in [-0.4, -0.2) is 49.3 Å². The van der Waals surface area contributed by atoms with Gasteiger partial charge in [-0.3, -0.25) is 4.79 Å². The van der Waals surface area contributed by atoms with E-state index in [1.165, 1.54) is 0 Å². The van der Waals surface area contributed by atoms with Gasteiger partial charge in [0.2, 0.25) is 0 Å². The third-order valence-electron chi connectivity index (χ3n) is 3.76. The van der Waals surface area contributed by atoms with E-state index in [0.29, 0.717) is 48.4 Å². The summed E-state index contributed by atoms with van der Waals surface area (Å²) in [6, 6.07) is 3.38. The quantitative estimate of drug-likeness (QED) is 0.796. The number of rotatable bonds is 1. The van der Waals surface area contributed by atoms with Crippen LogP contribution in [0.1, 0.15) is 30.6 Å². The Morgan fingerprint density at radius 2 is 1.86 bits per heavy atom. The molecule has 120 valence electrons. The van der Waals surface area contributed by atoms with Gasteiger partial charge >= 0.3 is 0 Å². The van der Waals surface area contributed by atoms with Crippen LogP contribution in [0.15, 0.2) is 12.1 Å². The van der Waals surface area contributed by atoms with Crippen LogP contribution in [0.3, 0.4) is 0 Å². The molecular formula is C16H20ClNO4. The molecular weight excluding hydrogens is 306 g/mol. The number of morpholine rings is 1. The van der Waals surface area contributed by atoms with Crippen LogP contribution < -0.4 is 9.47 Å². The Hall–Kier alpha value is -1.46. The molecule has 0 aliphatic carbocycles. The molecule has 0 N–H and O–H groups in total. The van der Waals surface area contributed by atoms with Gasteiger partial charge in [0.15, 0.2) is 11.5 Å². The fraction of sp³-hybridized carbons (Fsp3) is 0.562. The van der Waals surface area contributed by atoms with E-state index in [-0.39, 0.29) is 18.1 Å². The molecule has 0 radical (unpaired) electrons. The monoisotopic (exact) mass is 325 g/mol. The minimum Gasteiger partial charge on any atom is -0.489 e. The molecule has 6 heteroatoms. The average molecular weight is 326 g/mol. The molecule has 1 aromatic carbocycles. The zero-order chi connectivity index (χ0) is 15.7. The van der Waals surface area contributed by atoms with Crippen molar-refractivity contribution in [3.8, 4) is 11.5 Å². The maximum Gasteiger partial charge on any atom is 0.254 e. The van der Waals surface area contributed by atoms with Gasteiger partial charge in [0.1, 0.15) is 0 Å². The first-order valence-corrected chi connectivity index (χ1v) is 7.96. The second-order valence-electron chi connectivity index (χ2n) is 5.80. The summed E-state index contributed by atoms with van der Waals surface area (Å²) in [5.74, 6) is 1.02. The van der Waals surface area contributed by atoms with Gasteiger partial charge in [-0.15, -0.1) is 0 Å². The summed E-state index contributed by atoms with van der Waals surface area (Å²) in [6.07, 6.45) is 0.861. The van der Waals surface area contributed by atoms with E-state index < -0.39 is 0 Å². The number of ether oxygens (including phenoxy) is 3. The number of benzene rings is 1. The Balaban J connectivity index is 1.86. The molecule has 2 atom stereocenters. The second kappa shape index (κ2) is 6.34. The lowest BCUT2D eigenvalue weighted by atomic mass is 10.1. The van der Waals surface area contributed by atoms with Crippen molar-refractivity contribution in [1.29, 1.82) is 0 Å². The fourth-order valence-corrected chi connectivity index (χ4v) is 3.15. The number of fused-ring (bicyclic) bond motifs is 1. The molecule has 1 amide bonds. The zero-order valence-electron chi connectivity index (χ0n) is 12.8. The van der Waals surface area contributed by atoms with Gasteiger partial charge in [-0.05, 0) is 26.0 Å². The van der Waals surface area contributed by atoms with Crippen LogP contribution in [0.5, 0.6) is 11.5 Å². The van der Waals surface area contributed by atoms with Crippen molar-refractivity contribution in [3.05, 3.63) is 22.7 Å². The Labute approximate surface area is 135 Å². The van der Waals surface area contributed by atoms with E-state index >= 15 is 0 Å². The van der Waals surface area contributed by atoms with Gasteiger partial charge in [0, 0.05) is 25.1 Å². The molecule has 2 heterocycles. The lowest BCUT2D eigenvalue weighted by molar-refractivity contribution is -0.0586. The number of carbonyl (C=O) groups is 1. The average Bonchev–Trinajstić information content (AvgIpc) is 2.71. The minimum atomic E-state index is -0.0560. The minimum absolute atomic E-state index is 0.0311. The first-order valence-electron chi connectivity index (χ1n) is 7.58. The van der Waals surface area contributed by atoms with Crippen LogP contribution in [0.2, 0.25) is 5.02 Å². The van der Waals surface area contributed by atoms with E-state index in [9.17, 15) is 4.79 Å². The van der Waals surface area contributed by atoms with Crippen molar-refractivity contribution in [2.24, 2.45) is 0 Å². The molecule has 2 aliphatic heterocycles. The van der Waals surface area contributed by atoms with E-state index in [1.54, 1.807) is 17.0 Å². The van der Waals surface area contributed by atoms with E-state index in [1.807, 2.05) is 13.8 Å². The van der Waals surface area contributed by atoms with E-state index in [2.05, 4.69) is 0 Å². The number of amides is 1. The van der Waals surface area contributed by atoms with Gasteiger partial charge < -0.3 is 19.1 Å². The van der Waals surface area contributed by atoms with Gasteiger partial charge in [0.05, 0.1) is 30.4 Å². The Morgan fingerprint density at radius 3 is 2.59 bits per heavy atom. The highest BCUT2D eigenvalue weighted by Crippen LogP contribution is 2.38. The summed E-state index contributed by atoms with van der Waals surface area (Å²) in [5, 5.41) is 0.414. The summed E-state index contributed by atoms with van der Waals surface area (Å²) in [4.78, 5) is 14.5. The molecule has 0 aromatic heterocycles. The molecule has 1 saturated heterocycles. The normalized spacial score (nSPS) is 24.8. The third-order valence-corrected chi connectivity index (χ3v) is 4.04. The fourth-order valence-electron chi connectivity index (χ4n) is 2.88. The SMILES string of the molecule is C[C@@H]1CN(C(=O)c2cc(Cl)c3c(c2)OCCCO3)C[C@H](C)O1. The first kappa shape index (κ1) is 15.4. The maximum atomic E-state index is 12.7. The van der Waals surface area contributed by atoms with Crippen LogP contribution in [0, 0.1) is 0 Å². The molecule has 5 nitrogen and oxygen atoms in total. The number of nitrogens with zero attached hydrogens (tertiary/aromatic N) is 1. The highest BCUT2D eigenvalue weighted by Gasteiger charge is 2.28. The summed E-state index contributed by atoms with van der Waals surface area (Å²) < 4.78 is 16.9. The summed E-state index contributed by atoms with van der Waals surface area (Å²) in [7, 11) is 0. The number of carbonyl (C=O) groups excluding carboxylic acids is 1. The molecule has 0 spiro atoms. The molecule has 1 fully saturated rings. The second-order valence-corrected chi connectivity index (χ2v) is 6.21. The van der Waals surface area contributed by atoms with Crippen molar-refractivity contribution in [3.63, 3.8) is 0 Å². The van der Waals surface area contributed by atoms with Gasteiger partial charge in [-0.1, -0.05) is 11.6 Å². The van der Waals surface area contributed by atoms with Crippen LogP contribution >= 0.6 is 11.6 Å². The maximum absolute atomic E-state index is 12.7. The summed E-state index contributed by atoms with van der Waals surface area (Å²) in [5.41, 5.74) is 0.524. The van der Waals surface area contributed by atoms with Gasteiger partial charge in [0.25, 0.3) is 5.91 Å². The topological polar surface area (TPSA) is 48.0 Å². The molecule has 1 aromatic rings. The van der Waals surface area contributed by atoms with Crippen molar-refractivity contribution >= 4 is 17.5 Å². The third kappa shape index (κ3) is 3.15. The van der Waals surface area contributed by atoms with Gasteiger partial charge in [-0.2, -0.15) is 0 Å². The van der Waals surface area contributed by atoms with Gasteiger partial charge in [-0.25, -0.2) is 0 Å². The molecule has 3 rings (SSSR count). The predicted molar refractivity (Wildman–Crippen MR) is 83.0 cm³/mol. The predicted octanol–water partition coefficient (Wildman–Crippen LogP) is 2.75. The summed E-state index contributed by atoms with van der Waals surface area (Å²) in [6.45, 7) is 6.23. The Kier molecular flexibility index (Phi) is 4.45. The lowest BCUT2D eigenvalue weighted by Crippen LogP contribution is -2.48. The molecule has 2 aliphatic rings. The Bertz CT molecular complexity index is 568. The first-order chi connectivity index (χ1) is 10.5. The van der Waals surface area contributed by atoms with E-state index in [4.69, 9.17) is 25.8 Å². The van der Waals surface area contributed by atoms with Crippen LogP contribution in [-0.2, 0) is 4.74 Å². The summed E-state index contributed by atoms with van der Waals surface area (Å²) >= 11 is 6.26. The smallest absolute Gasteiger partial charge is 0.254 e. The molecule has 22 heavy (non-hydrogen) atoms. The highest BCUT2D eigenvalue weighted by atomic mass is 35.5. The number of halogens is 1. The van der Waals surface area contributed by atoms with Crippen molar-refractivity contribution in [2.75, 3.05) is 26.3 Å². The van der Waals surface area contributed by atoms with Crippen molar-refractivity contribution in [2.45, 2.75) is 32.5 Å².